The third kappa shape index (κ3) is 7.15. The fraction of sp³-hybridized carbons (Fsp3) is 0.294. The van der Waals surface area contributed by atoms with E-state index in [4.69, 9.17) is 23.2 Å². The van der Waals surface area contributed by atoms with Crippen molar-refractivity contribution in [3.05, 3.63) is 57.7 Å². The summed E-state index contributed by atoms with van der Waals surface area (Å²) in [5.41, 5.74) is 1.23. The number of hydrogen-bond acceptors (Lipinski definition) is 3. The minimum Gasteiger partial charge on any atom is -0.468 e. The molecule has 0 saturated heterocycles. The summed E-state index contributed by atoms with van der Waals surface area (Å²) < 4.78 is 41.1. The number of halogens is 5. The summed E-state index contributed by atoms with van der Waals surface area (Å²) in [6.07, 6.45) is -3.15. The second kappa shape index (κ2) is 9.14. The van der Waals surface area contributed by atoms with Gasteiger partial charge in [0.15, 0.2) is 6.61 Å². The van der Waals surface area contributed by atoms with Crippen molar-refractivity contribution in [3.63, 3.8) is 0 Å². The molecule has 10 heteroatoms. The Morgan fingerprint density at radius 1 is 1.26 bits per heavy atom. The molecule has 27 heavy (non-hydrogen) atoms. The highest BCUT2D eigenvalue weighted by Crippen LogP contribution is 2.26. The highest BCUT2D eigenvalue weighted by atomic mass is 35.5. The zero-order valence-corrected chi connectivity index (χ0v) is 15.6. The predicted octanol–water partition coefficient (Wildman–Crippen LogP) is 4.89. The molecule has 1 unspecified atom stereocenters. The number of benzene rings is 1. The largest absolute Gasteiger partial charge is 0.468 e. The molecule has 2 N–H and O–H groups in total. The molecule has 0 fully saturated rings. The molecule has 5 nitrogen and oxygen atoms in total. The van der Waals surface area contributed by atoms with Gasteiger partial charge in [-0.1, -0.05) is 29.3 Å². The van der Waals surface area contributed by atoms with Crippen LogP contribution in [0.5, 0.6) is 5.88 Å². The fourth-order valence-corrected chi connectivity index (χ4v) is 2.73. The summed E-state index contributed by atoms with van der Waals surface area (Å²) in [6.45, 7) is 0.402. The van der Waals surface area contributed by atoms with Gasteiger partial charge in [0.1, 0.15) is 0 Å². The number of hydrogen-bond donors (Lipinski definition) is 2. The molecule has 0 aliphatic carbocycles. The molecule has 0 aliphatic rings. The number of urea groups is 1. The highest BCUT2D eigenvalue weighted by Gasteiger charge is 2.28. The van der Waals surface area contributed by atoms with Crippen LogP contribution in [-0.4, -0.2) is 23.8 Å². The first-order valence-electron chi connectivity index (χ1n) is 7.78. The van der Waals surface area contributed by atoms with Crippen LogP contribution in [0.1, 0.15) is 24.1 Å². The molecule has 1 heterocycles. The van der Waals surface area contributed by atoms with Crippen molar-refractivity contribution in [2.45, 2.75) is 25.7 Å². The van der Waals surface area contributed by atoms with Crippen LogP contribution in [0.2, 0.25) is 10.0 Å². The van der Waals surface area contributed by atoms with Crippen LogP contribution in [0, 0.1) is 0 Å². The molecular formula is C17H16Cl2F3N3O2. The van der Waals surface area contributed by atoms with Gasteiger partial charge in [-0.3, -0.25) is 0 Å². The molecule has 2 rings (SSSR count). The average Bonchev–Trinajstić information content (AvgIpc) is 2.58. The van der Waals surface area contributed by atoms with E-state index in [0.29, 0.717) is 21.2 Å². The standard InChI is InChI=1S/C17H16Cl2F3N3O2/c1-10(13-3-2-12(18)7-14(13)19)25-16(26)24-8-11-4-5-23-15(6-11)27-9-17(20,21)22/h2-7,10H,8-9H2,1H3,(H2,24,25,26). The quantitative estimate of drug-likeness (QED) is 0.697. The number of pyridine rings is 1. The van der Waals surface area contributed by atoms with E-state index in [0.717, 1.165) is 0 Å². The number of nitrogens with one attached hydrogen (secondary N) is 2. The van der Waals surface area contributed by atoms with E-state index in [9.17, 15) is 18.0 Å². The maximum absolute atomic E-state index is 12.2. The number of carbonyl (C=O) groups is 1. The van der Waals surface area contributed by atoms with Gasteiger partial charge in [0.2, 0.25) is 5.88 Å². The molecule has 0 aliphatic heterocycles. The maximum atomic E-state index is 12.2. The lowest BCUT2D eigenvalue weighted by molar-refractivity contribution is -0.154. The third-order valence-electron chi connectivity index (χ3n) is 3.41. The van der Waals surface area contributed by atoms with Gasteiger partial charge in [0, 0.05) is 28.9 Å². The predicted molar refractivity (Wildman–Crippen MR) is 96.0 cm³/mol. The van der Waals surface area contributed by atoms with Crippen LogP contribution in [0.15, 0.2) is 36.5 Å². The minimum absolute atomic E-state index is 0.0812. The van der Waals surface area contributed by atoms with Crippen LogP contribution in [0.25, 0.3) is 0 Å². The maximum Gasteiger partial charge on any atom is 0.422 e. The van der Waals surface area contributed by atoms with Crippen molar-refractivity contribution in [2.24, 2.45) is 0 Å². The topological polar surface area (TPSA) is 63.2 Å². The number of aromatic nitrogens is 1. The van der Waals surface area contributed by atoms with E-state index >= 15 is 0 Å². The Bertz CT molecular complexity index is 803. The van der Waals surface area contributed by atoms with Crippen LogP contribution >= 0.6 is 23.2 Å². The molecule has 0 bridgehead atoms. The van der Waals surface area contributed by atoms with Crippen LogP contribution in [0.4, 0.5) is 18.0 Å². The van der Waals surface area contributed by atoms with Crippen LogP contribution in [0.3, 0.4) is 0 Å². The lowest BCUT2D eigenvalue weighted by Gasteiger charge is -2.16. The van der Waals surface area contributed by atoms with Gasteiger partial charge in [-0.25, -0.2) is 9.78 Å². The van der Waals surface area contributed by atoms with E-state index in [-0.39, 0.29) is 18.5 Å². The van der Waals surface area contributed by atoms with Crippen molar-refractivity contribution < 1.29 is 22.7 Å². The van der Waals surface area contributed by atoms with Crippen LogP contribution < -0.4 is 15.4 Å². The molecular weight excluding hydrogens is 406 g/mol. The van der Waals surface area contributed by atoms with E-state index in [1.165, 1.54) is 12.3 Å². The number of amides is 2. The number of nitrogens with zero attached hydrogens (tertiary/aromatic N) is 1. The van der Waals surface area contributed by atoms with E-state index < -0.39 is 18.8 Å². The van der Waals surface area contributed by atoms with Gasteiger partial charge in [0.05, 0.1) is 6.04 Å². The van der Waals surface area contributed by atoms with Crippen LogP contribution in [-0.2, 0) is 6.54 Å². The van der Waals surface area contributed by atoms with Gasteiger partial charge in [-0.05, 0) is 36.2 Å². The van der Waals surface area contributed by atoms with Crippen molar-refractivity contribution >= 4 is 29.2 Å². The summed E-state index contributed by atoms with van der Waals surface area (Å²) in [6, 6.07) is 6.99. The molecule has 0 radical (unpaired) electrons. The summed E-state index contributed by atoms with van der Waals surface area (Å²) >= 11 is 11.9. The Balaban J connectivity index is 1.88. The van der Waals surface area contributed by atoms with Gasteiger partial charge < -0.3 is 15.4 Å². The van der Waals surface area contributed by atoms with Gasteiger partial charge in [0.25, 0.3) is 0 Å². The van der Waals surface area contributed by atoms with Crippen molar-refractivity contribution in [1.82, 2.24) is 15.6 Å². The number of rotatable bonds is 6. The van der Waals surface area contributed by atoms with E-state index in [2.05, 4.69) is 20.4 Å². The van der Waals surface area contributed by atoms with Crippen molar-refractivity contribution in [1.29, 1.82) is 0 Å². The second-order valence-corrected chi connectivity index (χ2v) is 6.46. The minimum atomic E-state index is -4.45. The summed E-state index contributed by atoms with van der Waals surface area (Å²) in [7, 11) is 0. The van der Waals surface area contributed by atoms with Crippen molar-refractivity contribution in [3.8, 4) is 5.88 Å². The summed E-state index contributed by atoms with van der Waals surface area (Å²) in [5, 5.41) is 6.23. The normalized spacial score (nSPS) is 12.4. The molecule has 2 amide bonds. The summed E-state index contributed by atoms with van der Waals surface area (Å²) in [5.74, 6) is -0.173. The first-order chi connectivity index (χ1) is 12.6. The fourth-order valence-electron chi connectivity index (χ4n) is 2.16. The monoisotopic (exact) mass is 421 g/mol. The van der Waals surface area contributed by atoms with E-state index in [1.807, 2.05) is 0 Å². The van der Waals surface area contributed by atoms with Gasteiger partial charge >= 0.3 is 12.2 Å². The average molecular weight is 422 g/mol. The number of alkyl halides is 3. The third-order valence-corrected chi connectivity index (χ3v) is 3.98. The second-order valence-electron chi connectivity index (χ2n) is 5.62. The SMILES string of the molecule is CC(NC(=O)NCc1ccnc(OCC(F)(F)F)c1)c1ccc(Cl)cc1Cl. The molecule has 0 spiro atoms. The first kappa shape index (κ1) is 21.1. The Morgan fingerprint density at radius 2 is 2.00 bits per heavy atom. The molecule has 1 aromatic carbocycles. The van der Waals surface area contributed by atoms with Gasteiger partial charge in [-0.15, -0.1) is 0 Å². The Labute approximate surface area is 163 Å². The molecule has 2 aromatic rings. The lowest BCUT2D eigenvalue weighted by atomic mass is 10.1. The molecule has 146 valence electrons. The smallest absolute Gasteiger partial charge is 0.422 e. The van der Waals surface area contributed by atoms with E-state index in [1.54, 1.807) is 31.2 Å². The van der Waals surface area contributed by atoms with Gasteiger partial charge in [-0.2, -0.15) is 13.2 Å². The molecule has 0 saturated carbocycles. The zero-order chi connectivity index (χ0) is 20.0. The summed E-state index contributed by atoms with van der Waals surface area (Å²) in [4.78, 5) is 15.7. The van der Waals surface area contributed by atoms with Crippen molar-refractivity contribution in [2.75, 3.05) is 6.61 Å². The zero-order valence-electron chi connectivity index (χ0n) is 14.1. The number of carbonyl (C=O) groups excluding carboxylic acids is 1. The number of ether oxygens (including phenoxy) is 1. The molecule has 1 aromatic heterocycles. The Hall–Kier alpha value is -2.19. The Morgan fingerprint density at radius 3 is 2.67 bits per heavy atom. The highest BCUT2D eigenvalue weighted by molar-refractivity contribution is 6.35. The lowest BCUT2D eigenvalue weighted by Crippen LogP contribution is -2.36. The Kier molecular flexibility index (Phi) is 7.15. The molecule has 1 atom stereocenters. The first-order valence-corrected chi connectivity index (χ1v) is 8.53.